The summed E-state index contributed by atoms with van der Waals surface area (Å²) < 4.78 is 5.48. The van der Waals surface area contributed by atoms with Gasteiger partial charge in [0.05, 0.1) is 12.3 Å². The number of hydrogen-bond donors (Lipinski definition) is 1. The summed E-state index contributed by atoms with van der Waals surface area (Å²) in [5.74, 6) is 0.660. The molecule has 3 nitrogen and oxygen atoms in total. The molecular weight excluding hydrogens is 224 g/mol. The molecule has 0 aliphatic heterocycles. The van der Waals surface area contributed by atoms with Crippen LogP contribution in [-0.2, 0) is 6.54 Å². The van der Waals surface area contributed by atoms with Crippen LogP contribution in [-0.4, -0.2) is 11.6 Å². The maximum atomic E-state index is 5.48. The van der Waals surface area contributed by atoms with Gasteiger partial charge in [-0.15, -0.1) is 0 Å². The Labute approximate surface area is 108 Å². The van der Waals surface area contributed by atoms with Gasteiger partial charge in [0.1, 0.15) is 0 Å². The van der Waals surface area contributed by atoms with Gasteiger partial charge in [0.2, 0.25) is 5.88 Å². The van der Waals surface area contributed by atoms with E-state index in [-0.39, 0.29) is 0 Å². The number of nitrogens with zero attached hydrogens (tertiary/aromatic N) is 1. The van der Waals surface area contributed by atoms with E-state index in [2.05, 4.69) is 41.5 Å². The maximum absolute atomic E-state index is 5.48. The molecule has 94 valence electrons. The summed E-state index contributed by atoms with van der Waals surface area (Å²) in [4.78, 5) is 4.21. The van der Waals surface area contributed by atoms with Gasteiger partial charge >= 0.3 is 0 Å². The van der Waals surface area contributed by atoms with Crippen LogP contribution in [0.4, 0.5) is 5.69 Å². The first-order chi connectivity index (χ1) is 8.79. The number of anilines is 1. The lowest BCUT2D eigenvalue weighted by atomic mass is 10.1. The number of rotatable bonds is 5. The number of aryl methyl sites for hydroxylation is 1. The molecule has 1 aromatic heterocycles. The second-order valence-corrected chi connectivity index (χ2v) is 4.13. The van der Waals surface area contributed by atoms with Crippen LogP contribution in [0.2, 0.25) is 0 Å². The second-order valence-electron chi connectivity index (χ2n) is 4.13. The summed E-state index contributed by atoms with van der Waals surface area (Å²) in [6.07, 6.45) is 1.74. The zero-order chi connectivity index (χ0) is 12.8. The molecule has 1 heterocycles. The van der Waals surface area contributed by atoms with Gasteiger partial charge in [0, 0.05) is 12.7 Å². The predicted molar refractivity (Wildman–Crippen MR) is 73.9 cm³/mol. The van der Waals surface area contributed by atoms with Crippen molar-refractivity contribution in [1.82, 2.24) is 4.98 Å². The van der Waals surface area contributed by atoms with Crippen molar-refractivity contribution in [3.8, 4) is 5.88 Å². The van der Waals surface area contributed by atoms with E-state index in [9.17, 15) is 0 Å². The van der Waals surface area contributed by atoms with Gasteiger partial charge in [0.15, 0.2) is 0 Å². The van der Waals surface area contributed by atoms with Crippen molar-refractivity contribution in [2.45, 2.75) is 20.4 Å². The minimum absolute atomic E-state index is 0.621. The summed E-state index contributed by atoms with van der Waals surface area (Å²) in [7, 11) is 0. The average molecular weight is 242 g/mol. The van der Waals surface area contributed by atoms with Gasteiger partial charge < -0.3 is 10.1 Å². The van der Waals surface area contributed by atoms with Gasteiger partial charge in [-0.2, -0.15) is 0 Å². The highest BCUT2D eigenvalue weighted by Gasteiger charge is 2.03. The first-order valence-electron chi connectivity index (χ1n) is 6.17. The van der Waals surface area contributed by atoms with Crippen molar-refractivity contribution in [1.29, 1.82) is 0 Å². The lowest BCUT2D eigenvalue weighted by molar-refractivity contribution is 0.328. The molecule has 0 radical (unpaired) electrons. The summed E-state index contributed by atoms with van der Waals surface area (Å²) in [6, 6.07) is 12.3. The van der Waals surface area contributed by atoms with E-state index in [4.69, 9.17) is 4.74 Å². The van der Waals surface area contributed by atoms with Crippen LogP contribution >= 0.6 is 0 Å². The number of aromatic nitrogens is 1. The molecule has 1 aromatic carbocycles. The van der Waals surface area contributed by atoms with Gasteiger partial charge in [0.25, 0.3) is 0 Å². The van der Waals surface area contributed by atoms with Crippen molar-refractivity contribution < 1.29 is 4.74 Å². The molecule has 0 aliphatic carbocycles. The lowest BCUT2D eigenvalue weighted by Gasteiger charge is -2.11. The van der Waals surface area contributed by atoms with Gasteiger partial charge in [-0.05, 0) is 31.5 Å². The first-order valence-corrected chi connectivity index (χ1v) is 6.17. The largest absolute Gasteiger partial charge is 0.476 e. The smallest absolute Gasteiger partial charge is 0.237 e. The van der Waals surface area contributed by atoms with Crippen LogP contribution in [0.25, 0.3) is 0 Å². The third-order valence-electron chi connectivity index (χ3n) is 2.62. The van der Waals surface area contributed by atoms with E-state index in [0.717, 1.165) is 12.2 Å². The Bertz CT molecular complexity index is 511. The fraction of sp³-hybridized carbons (Fsp3) is 0.267. The topological polar surface area (TPSA) is 34.1 Å². The molecule has 0 saturated heterocycles. The van der Waals surface area contributed by atoms with Crippen LogP contribution in [0.3, 0.4) is 0 Å². The Morgan fingerprint density at radius 3 is 2.89 bits per heavy atom. The van der Waals surface area contributed by atoms with E-state index >= 15 is 0 Å². The Morgan fingerprint density at radius 2 is 2.11 bits per heavy atom. The summed E-state index contributed by atoms with van der Waals surface area (Å²) in [5, 5.41) is 3.35. The Morgan fingerprint density at radius 1 is 1.22 bits per heavy atom. The highest BCUT2D eigenvalue weighted by Crippen LogP contribution is 2.21. The molecule has 3 heteroatoms. The lowest BCUT2D eigenvalue weighted by Crippen LogP contribution is -2.04. The summed E-state index contributed by atoms with van der Waals surface area (Å²) in [6.45, 7) is 5.45. The fourth-order valence-corrected chi connectivity index (χ4v) is 1.80. The number of hydrogen-bond acceptors (Lipinski definition) is 3. The minimum Gasteiger partial charge on any atom is -0.476 e. The molecule has 0 bridgehead atoms. The monoisotopic (exact) mass is 242 g/mol. The van der Waals surface area contributed by atoms with Crippen LogP contribution in [0.5, 0.6) is 5.88 Å². The highest BCUT2D eigenvalue weighted by atomic mass is 16.5. The predicted octanol–water partition coefficient (Wildman–Crippen LogP) is 3.40. The van der Waals surface area contributed by atoms with Crippen molar-refractivity contribution in [2.75, 3.05) is 11.9 Å². The van der Waals surface area contributed by atoms with E-state index in [1.54, 1.807) is 6.20 Å². The van der Waals surface area contributed by atoms with Crippen LogP contribution in [0.15, 0.2) is 42.6 Å². The molecule has 0 saturated carbocycles. The Balaban J connectivity index is 2.06. The van der Waals surface area contributed by atoms with Gasteiger partial charge in [-0.3, -0.25) is 0 Å². The second kappa shape index (κ2) is 6.05. The summed E-state index contributed by atoms with van der Waals surface area (Å²) in [5.41, 5.74) is 3.45. The molecule has 1 N–H and O–H groups in total. The van der Waals surface area contributed by atoms with E-state index < -0.39 is 0 Å². The summed E-state index contributed by atoms with van der Waals surface area (Å²) >= 11 is 0. The third kappa shape index (κ3) is 3.23. The fourth-order valence-electron chi connectivity index (χ4n) is 1.80. The SMILES string of the molecule is CCOc1ncccc1NCc1cccc(C)c1. The molecular formula is C15H18N2O. The first kappa shape index (κ1) is 12.4. The molecule has 0 atom stereocenters. The number of pyridine rings is 1. The molecule has 2 rings (SSSR count). The van der Waals surface area contributed by atoms with Gasteiger partial charge in [-0.25, -0.2) is 4.98 Å². The van der Waals surface area contributed by atoms with E-state index in [1.807, 2.05) is 19.1 Å². The number of nitrogens with one attached hydrogen (secondary N) is 1. The molecule has 0 aliphatic rings. The molecule has 0 spiro atoms. The molecule has 2 aromatic rings. The normalized spacial score (nSPS) is 10.1. The zero-order valence-electron chi connectivity index (χ0n) is 10.8. The third-order valence-corrected chi connectivity index (χ3v) is 2.62. The highest BCUT2D eigenvalue weighted by molar-refractivity contribution is 5.52. The van der Waals surface area contributed by atoms with Crippen molar-refractivity contribution >= 4 is 5.69 Å². The minimum atomic E-state index is 0.621. The van der Waals surface area contributed by atoms with Crippen LogP contribution in [0, 0.1) is 6.92 Å². The average Bonchev–Trinajstić information content (AvgIpc) is 2.38. The van der Waals surface area contributed by atoms with Gasteiger partial charge in [-0.1, -0.05) is 29.8 Å². The quantitative estimate of drug-likeness (QED) is 0.872. The Hall–Kier alpha value is -2.03. The molecule has 0 amide bonds. The number of ether oxygens (including phenoxy) is 1. The molecule has 18 heavy (non-hydrogen) atoms. The van der Waals surface area contributed by atoms with E-state index in [0.29, 0.717) is 12.5 Å². The molecule has 0 fully saturated rings. The zero-order valence-corrected chi connectivity index (χ0v) is 10.8. The van der Waals surface area contributed by atoms with Crippen molar-refractivity contribution in [2.24, 2.45) is 0 Å². The van der Waals surface area contributed by atoms with Crippen molar-refractivity contribution in [3.63, 3.8) is 0 Å². The van der Waals surface area contributed by atoms with Crippen LogP contribution < -0.4 is 10.1 Å². The Kier molecular flexibility index (Phi) is 4.18. The van der Waals surface area contributed by atoms with Crippen LogP contribution in [0.1, 0.15) is 18.1 Å². The van der Waals surface area contributed by atoms with Crippen molar-refractivity contribution in [3.05, 3.63) is 53.7 Å². The maximum Gasteiger partial charge on any atom is 0.237 e. The van der Waals surface area contributed by atoms with E-state index in [1.165, 1.54) is 11.1 Å². The number of benzene rings is 1. The standard InChI is InChI=1S/C15H18N2O/c1-3-18-15-14(8-5-9-16-15)17-11-13-7-4-6-12(2)10-13/h4-10,17H,3,11H2,1-2H3. The molecule has 0 unspecified atom stereocenters.